The van der Waals surface area contributed by atoms with Gasteiger partial charge in [-0.05, 0) is 24.3 Å². The van der Waals surface area contributed by atoms with E-state index in [1.807, 2.05) is 0 Å². The van der Waals surface area contributed by atoms with E-state index in [0.717, 1.165) is 5.01 Å². The third-order valence-electron chi connectivity index (χ3n) is 2.55. The maximum atomic E-state index is 12.8. The van der Waals surface area contributed by atoms with Crippen molar-refractivity contribution in [3.05, 3.63) is 40.9 Å². The van der Waals surface area contributed by atoms with E-state index in [9.17, 15) is 4.39 Å². The molecule has 0 spiro atoms. The molecule has 3 rings (SSSR count). The van der Waals surface area contributed by atoms with Crippen molar-refractivity contribution < 1.29 is 13.9 Å². The standard InChI is InChI=1S/C12H11FN4O2S/c1-18-7-11-16-17-10(14-15-12(17)20-11)6-19-9-4-2-8(13)3-5-9/h2-5H,6-7H2,1H3. The van der Waals surface area contributed by atoms with Gasteiger partial charge in [0.2, 0.25) is 4.96 Å². The zero-order valence-electron chi connectivity index (χ0n) is 10.6. The molecule has 20 heavy (non-hydrogen) atoms. The summed E-state index contributed by atoms with van der Waals surface area (Å²) in [5.41, 5.74) is 0. The van der Waals surface area contributed by atoms with Gasteiger partial charge in [-0.3, -0.25) is 0 Å². The molecule has 0 amide bonds. The van der Waals surface area contributed by atoms with E-state index in [-0.39, 0.29) is 12.4 Å². The van der Waals surface area contributed by atoms with Gasteiger partial charge in [0, 0.05) is 7.11 Å². The lowest BCUT2D eigenvalue weighted by molar-refractivity contribution is 0.183. The molecular formula is C12H11FN4O2S. The molecule has 0 aliphatic heterocycles. The average molecular weight is 294 g/mol. The van der Waals surface area contributed by atoms with Gasteiger partial charge < -0.3 is 9.47 Å². The Bertz CT molecular complexity index is 710. The average Bonchev–Trinajstić information content (AvgIpc) is 2.99. The van der Waals surface area contributed by atoms with E-state index >= 15 is 0 Å². The first kappa shape index (κ1) is 12.9. The molecule has 0 unspecified atom stereocenters. The van der Waals surface area contributed by atoms with E-state index in [2.05, 4.69) is 15.3 Å². The van der Waals surface area contributed by atoms with E-state index in [0.29, 0.717) is 23.1 Å². The van der Waals surface area contributed by atoms with Crippen LogP contribution in [0.3, 0.4) is 0 Å². The highest BCUT2D eigenvalue weighted by atomic mass is 32.1. The van der Waals surface area contributed by atoms with Crippen molar-refractivity contribution >= 4 is 16.3 Å². The summed E-state index contributed by atoms with van der Waals surface area (Å²) >= 11 is 1.41. The molecule has 2 aromatic heterocycles. The molecule has 0 bridgehead atoms. The highest BCUT2D eigenvalue weighted by molar-refractivity contribution is 7.16. The van der Waals surface area contributed by atoms with Crippen LogP contribution in [0.4, 0.5) is 4.39 Å². The summed E-state index contributed by atoms with van der Waals surface area (Å²) in [5, 5.41) is 13.2. The van der Waals surface area contributed by atoms with Gasteiger partial charge in [0.05, 0.1) is 6.61 Å². The minimum absolute atomic E-state index is 0.211. The van der Waals surface area contributed by atoms with Gasteiger partial charge in [0.25, 0.3) is 0 Å². The van der Waals surface area contributed by atoms with Gasteiger partial charge in [-0.2, -0.15) is 9.61 Å². The summed E-state index contributed by atoms with van der Waals surface area (Å²) in [4.78, 5) is 0.690. The van der Waals surface area contributed by atoms with Crippen LogP contribution >= 0.6 is 11.3 Å². The van der Waals surface area contributed by atoms with Crippen LogP contribution in [0.5, 0.6) is 5.75 Å². The van der Waals surface area contributed by atoms with Gasteiger partial charge in [-0.15, -0.1) is 10.2 Å². The van der Waals surface area contributed by atoms with Gasteiger partial charge in [0.1, 0.15) is 23.2 Å². The van der Waals surface area contributed by atoms with Crippen LogP contribution in [-0.4, -0.2) is 26.9 Å². The van der Waals surface area contributed by atoms with Gasteiger partial charge in [-0.25, -0.2) is 4.39 Å². The summed E-state index contributed by atoms with van der Waals surface area (Å²) in [7, 11) is 1.61. The molecule has 0 saturated carbocycles. The minimum atomic E-state index is -0.300. The molecule has 0 aliphatic carbocycles. The Kier molecular flexibility index (Phi) is 3.57. The van der Waals surface area contributed by atoms with Crippen LogP contribution in [0, 0.1) is 5.82 Å². The number of aromatic nitrogens is 4. The second-order valence-electron chi connectivity index (χ2n) is 3.98. The van der Waals surface area contributed by atoms with Crippen LogP contribution in [-0.2, 0) is 18.0 Å². The number of fused-ring (bicyclic) bond motifs is 1. The Balaban J connectivity index is 1.75. The Morgan fingerprint density at radius 1 is 1.20 bits per heavy atom. The number of nitrogens with zero attached hydrogens (tertiary/aromatic N) is 4. The predicted octanol–water partition coefficient (Wildman–Crippen LogP) is 2.05. The lowest BCUT2D eigenvalue weighted by Crippen LogP contribution is -2.02. The Hall–Kier alpha value is -2.06. The Morgan fingerprint density at radius 3 is 2.75 bits per heavy atom. The molecule has 8 heteroatoms. The second kappa shape index (κ2) is 5.51. The topological polar surface area (TPSA) is 61.5 Å². The smallest absolute Gasteiger partial charge is 0.234 e. The maximum absolute atomic E-state index is 12.8. The Morgan fingerprint density at radius 2 is 2.00 bits per heavy atom. The quantitative estimate of drug-likeness (QED) is 0.720. The minimum Gasteiger partial charge on any atom is -0.486 e. The van der Waals surface area contributed by atoms with E-state index < -0.39 is 0 Å². The molecule has 2 heterocycles. The Labute approximate surface area is 117 Å². The fourth-order valence-electron chi connectivity index (χ4n) is 1.65. The number of hydrogen-bond donors (Lipinski definition) is 0. The lowest BCUT2D eigenvalue weighted by atomic mass is 10.3. The fraction of sp³-hybridized carbons (Fsp3) is 0.250. The second-order valence-corrected chi connectivity index (χ2v) is 5.02. The first-order valence-corrected chi connectivity index (χ1v) is 6.65. The molecular weight excluding hydrogens is 283 g/mol. The van der Waals surface area contributed by atoms with Crippen molar-refractivity contribution in [1.29, 1.82) is 0 Å². The monoisotopic (exact) mass is 294 g/mol. The highest BCUT2D eigenvalue weighted by Crippen LogP contribution is 2.16. The molecule has 0 aliphatic rings. The van der Waals surface area contributed by atoms with Crippen LogP contribution in [0.2, 0.25) is 0 Å². The summed E-state index contributed by atoms with van der Waals surface area (Å²) < 4.78 is 25.0. The van der Waals surface area contributed by atoms with Crippen LogP contribution in [0.15, 0.2) is 24.3 Å². The van der Waals surface area contributed by atoms with Gasteiger partial charge >= 0.3 is 0 Å². The summed E-state index contributed by atoms with van der Waals surface area (Å²) in [5.74, 6) is 0.851. The highest BCUT2D eigenvalue weighted by Gasteiger charge is 2.12. The number of benzene rings is 1. The molecule has 0 saturated heterocycles. The SMILES string of the molecule is COCc1nn2c(COc3ccc(F)cc3)nnc2s1. The van der Waals surface area contributed by atoms with E-state index in [1.165, 1.54) is 23.5 Å². The lowest BCUT2D eigenvalue weighted by Gasteiger charge is -2.03. The van der Waals surface area contributed by atoms with Crippen molar-refractivity contribution in [2.24, 2.45) is 0 Å². The molecule has 0 N–H and O–H groups in total. The third kappa shape index (κ3) is 2.61. The number of hydrogen-bond acceptors (Lipinski definition) is 6. The number of ether oxygens (including phenoxy) is 2. The largest absolute Gasteiger partial charge is 0.486 e. The van der Waals surface area contributed by atoms with Crippen molar-refractivity contribution in [2.45, 2.75) is 13.2 Å². The number of rotatable bonds is 5. The molecule has 1 aromatic carbocycles. The van der Waals surface area contributed by atoms with Crippen LogP contribution in [0.25, 0.3) is 4.96 Å². The third-order valence-corrected chi connectivity index (χ3v) is 3.42. The molecule has 0 fully saturated rings. The zero-order chi connectivity index (χ0) is 13.9. The van der Waals surface area contributed by atoms with Crippen molar-refractivity contribution in [2.75, 3.05) is 7.11 Å². The predicted molar refractivity (Wildman–Crippen MR) is 70.1 cm³/mol. The first-order valence-electron chi connectivity index (χ1n) is 5.83. The van der Waals surface area contributed by atoms with Crippen molar-refractivity contribution in [3.8, 4) is 5.75 Å². The number of methoxy groups -OCH3 is 1. The van der Waals surface area contributed by atoms with E-state index in [1.54, 1.807) is 23.8 Å². The summed E-state index contributed by atoms with van der Waals surface area (Å²) in [6, 6.07) is 5.80. The number of halogens is 1. The molecule has 6 nitrogen and oxygen atoms in total. The van der Waals surface area contributed by atoms with Crippen LogP contribution < -0.4 is 4.74 Å². The van der Waals surface area contributed by atoms with Gasteiger partial charge in [-0.1, -0.05) is 11.3 Å². The van der Waals surface area contributed by atoms with Crippen molar-refractivity contribution in [3.63, 3.8) is 0 Å². The normalized spacial score (nSPS) is 11.1. The van der Waals surface area contributed by atoms with Crippen molar-refractivity contribution in [1.82, 2.24) is 19.8 Å². The van der Waals surface area contributed by atoms with E-state index in [4.69, 9.17) is 9.47 Å². The maximum Gasteiger partial charge on any atom is 0.234 e. The molecule has 3 aromatic rings. The van der Waals surface area contributed by atoms with Gasteiger partial charge in [0.15, 0.2) is 5.82 Å². The summed E-state index contributed by atoms with van der Waals surface area (Å²) in [6.07, 6.45) is 0. The fourth-order valence-corrected chi connectivity index (χ4v) is 2.47. The molecule has 104 valence electrons. The zero-order valence-corrected chi connectivity index (χ0v) is 11.4. The molecule has 0 atom stereocenters. The van der Waals surface area contributed by atoms with Crippen LogP contribution in [0.1, 0.15) is 10.8 Å². The molecule has 0 radical (unpaired) electrons. The first-order chi connectivity index (χ1) is 9.76. The summed E-state index contributed by atoms with van der Waals surface area (Å²) in [6.45, 7) is 0.648.